The van der Waals surface area contributed by atoms with Gasteiger partial charge in [-0.2, -0.15) is 0 Å². The number of nitrogens with zero attached hydrogens (tertiary/aromatic N) is 2. The molecule has 2 aromatic carbocycles. The highest BCUT2D eigenvalue weighted by atomic mass is 35.5. The number of anilines is 1. The maximum Gasteiger partial charge on any atom is 0.297 e. The number of nitrogens with one attached hydrogen (secondary N) is 1. The SMILES string of the molecule is CC(C)c1ccc(-n2ccnc(NCc3ccc(Cl)cc3)c2=O)cc1. The molecular formula is C20H20ClN3O. The van der Waals surface area contributed by atoms with Crippen molar-refractivity contribution in [2.75, 3.05) is 5.32 Å². The van der Waals surface area contributed by atoms with Gasteiger partial charge in [0.05, 0.1) is 0 Å². The van der Waals surface area contributed by atoms with Gasteiger partial charge in [-0.25, -0.2) is 4.98 Å². The number of benzene rings is 2. The van der Waals surface area contributed by atoms with Crippen LogP contribution < -0.4 is 10.9 Å². The minimum Gasteiger partial charge on any atom is -0.361 e. The molecule has 0 spiro atoms. The van der Waals surface area contributed by atoms with E-state index in [9.17, 15) is 4.79 Å². The van der Waals surface area contributed by atoms with Crippen LogP contribution in [0.25, 0.3) is 5.69 Å². The Morgan fingerprint density at radius 1 is 1.08 bits per heavy atom. The fourth-order valence-electron chi connectivity index (χ4n) is 2.54. The Morgan fingerprint density at radius 2 is 1.76 bits per heavy atom. The Bertz CT molecular complexity index is 899. The highest BCUT2D eigenvalue weighted by Gasteiger charge is 2.07. The van der Waals surface area contributed by atoms with Gasteiger partial charge in [0.25, 0.3) is 5.56 Å². The third kappa shape index (κ3) is 4.09. The lowest BCUT2D eigenvalue weighted by atomic mass is 10.0. The quantitative estimate of drug-likeness (QED) is 0.728. The average molecular weight is 354 g/mol. The summed E-state index contributed by atoms with van der Waals surface area (Å²) in [6, 6.07) is 15.5. The van der Waals surface area contributed by atoms with E-state index >= 15 is 0 Å². The number of halogens is 1. The van der Waals surface area contributed by atoms with Crippen molar-refractivity contribution >= 4 is 17.4 Å². The molecule has 0 unspecified atom stereocenters. The molecule has 3 aromatic rings. The van der Waals surface area contributed by atoms with Gasteiger partial charge in [-0.1, -0.05) is 49.7 Å². The first-order valence-electron chi connectivity index (χ1n) is 8.21. The molecule has 0 radical (unpaired) electrons. The molecule has 0 aliphatic carbocycles. The van der Waals surface area contributed by atoms with Crippen molar-refractivity contribution in [1.29, 1.82) is 0 Å². The molecule has 4 nitrogen and oxygen atoms in total. The second-order valence-electron chi connectivity index (χ2n) is 6.18. The molecule has 0 bridgehead atoms. The summed E-state index contributed by atoms with van der Waals surface area (Å²) in [6.45, 7) is 4.80. The summed E-state index contributed by atoms with van der Waals surface area (Å²) in [4.78, 5) is 16.9. The van der Waals surface area contributed by atoms with Gasteiger partial charge >= 0.3 is 0 Å². The van der Waals surface area contributed by atoms with Crippen molar-refractivity contribution in [3.63, 3.8) is 0 Å². The molecule has 25 heavy (non-hydrogen) atoms. The first-order chi connectivity index (χ1) is 12.0. The van der Waals surface area contributed by atoms with Crippen molar-refractivity contribution in [2.45, 2.75) is 26.3 Å². The van der Waals surface area contributed by atoms with Gasteiger partial charge in [0.1, 0.15) is 0 Å². The van der Waals surface area contributed by atoms with Crippen molar-refractivity contribution < 1.29 is 0 Å². The number of hydrogen-bond acceptors (Lipinski definition) is 3. The van der Waals surface area contributed by atoms with Crippen LogP contribution in [0.15, 0.2) is 65.7 Å². The number of hydrogen-bond donors (Lipinski definition) is 1. The van der Waals surface area contributed by atoms with E-state index in [2.05, 4.69) is 24.1 Å². The summed E-state index contributed by atoms with van der Waals surface area (Å²) in [5.41, 5.74) is 2.93. The Morgan fingerprint density at radius 3 is 2.40 bits per heavy atom. The number of rotatable bonds is 5. The lowest BCUT2D eigenvalue weighted by molar-refractivity contribution is 0.863. The van der Waals surface area contributed by atoms with E-state index in [0.29, 0.717) is 23.3 Å². The van der Waals surface area contributed by atoms with Crippen LogP contribution in [0.2, 0.25) is 5.02 Å². The topological polar surface area (TPSA) is 46.9 Å². The van der Waals surface area contributed by atoms with Crippen LogP contribution in [0.4, 0.5) is 5.82 Å². The smallest absolute Gasteiger partial charge is 0.297 e. The summed E-state index contributed by atoms with van der Waals surface area (Å²) in [6.07, 6.45) is 3.31. The molecule has 0 saturated heterocycles. The Labute approximate surface area is 152 Å². The van der Waals surface area contributed by atoms with E-state index in [1.165, 1.54) is 5.56 Å². The first kappa shape index (κ1) is 17.2. The summed E-state index contributed by atoms with van der Waals surface area (Å²) in [5, 5.41) is 3.79. The zero-order chi connectivity index (χ0) is 17.8. The molecule has 5 heteroatoms. The lowest BCUT2D eigenvalue weighted by Crippen LogP contribution is -2.23. The van der Waals surface area contributed by atoms with Gasteiger partial charge in [0, 0.05) is 29.6 Å². The minimum atomic E-state index is -0.172. The van der Waals surface area contributed by atoms with Crippen molar-refractivity contribution in [3.8, 4) is 5.69 Å². The average Bonchev–Trinajstić information content (AvgIpc) is 2.62. The highest BCUT2D eigenvalue weighted by Crippen LogP contribution is 2.16. The standard InChI is InChI=1S/C20H20ClN3O/c1-14(2)16-5-9-18(10-6-16)24-12-11-22-19(20(24)25)23-13-15-3-7-17(21)8-4-15/h3-12,14H,13H2,1-2H3,(H,22,23). The molecule has 1 heterocycles. The summed E-state index contributed by atoms with van der Waals surface area (Å²) >= 11 is 5.89. The zero-order valence-corrected chi connectivity index (χ0v) is 15.0. The maximum atomic E-state index is 12.7. The second kappa shape index (κ2) is 7.53. The zero-order valence-electron chi connectivity index (χ0n) is 14.2. The molecule has 0 saturated carbocycles. The normalized spacial score (nSPS) is 10.9. The van der Waals surface area contributed by atoms with E-state index in [1.54, 1.807) is 17.0 Å². The van der Waals surface area contributed by atoms with E-state index in [4.69, 9.17) is 11.6 Å². The van der Waals surface area contributed by atoms with Gasteiger partial charge < -0.3 is 5.32 Å². The van der Waals surface area contributed by atoms with Gasteiger partial charge in [0.2, 0.25) is 0 Å². The Kier molecular flexibility index (Phi) is 5.19. The van der Waals surface area contributed by atoms with Crippen LogP contribution in [-0.4, -0.2) is 9.55 Å². The lowest BCUT2D eigenvalue weighted by Gasteiger charge is -2.11. The number of aromatic nitrogens is 2. The fourth-order valence-corrected chi connectivity index (χ4v) is 2.67. The van der Waals surface area contributed by atoms with Crippen LogP contribution in [0, 0.1) is 0 Å². The van der Waals surface area contributed by atoms with E-state index < -0.39 is 0 Å². The van der Waals surface area contributed by atoms with Crippen LogP contribution in [0.1, 0.15) is 30.9 Å². The molecule has 128 valence electrons. The van der Waals surface area contributed by atoms with Gasteiger partial charge in [0.15, 0.2) is 5.82 Å². The van der Waals surface area contributed by atoms with Crippen LogP contribution >= 0.6 is 11.6 Å². The highest BCUT2D eigenvalue weighted by molar-refractivity contribution is 6.30. The van der Waals surface area contributed by atoms with Gasteiger partial charge in [-0.15, -0.1) is 0 Å². The third-order valence-electron chi connectivity index (χ3n) is 4.05. The van der Waals surface area contributed by atoms with E-state index in [-0.39, 0.29) is 5.56 Å². The third-order valence-corrected chi connectivity index (χ3v) is 4.30. The minimum absolute atomic E-state index is 0.172. The molecule has 0 fully saturated rings. The molecule has 0 amide bonds. The molecule has 1 N–H and O–H groups in total. The first-order valence-corrected chi connectivity index (χ1v) is 8.58. The Balaban J connectivity index is 1.82. The molecule has 0 aliphatic heterocycles. The van der Waals surface area contributed by atoms with Gasteiger partial charge in [-0.05, 0) is 41.3 Å². The molecule has 0 atom stereocenters. The van der Waals surface area contributed by atoms with Crippen molar-refractivity contribution in [1.82, 2.24) is 9.55 Å². The van der Waals surface area contributed by atoms with Crippen LogP contribution in [0.3, 0.4) is 0 Å². The summed E-state index contributed by atoms with van der Waals surface area (Å²) < 4.78 is 1.60. The summed E-state index contributed by atoms with van der Waals surface area (Å²) in [5.74, 6) is 0.783. The van der Waals surface area contributed by atoms with E-state index in [0.717, 1.165) is 11.3 Å². The fraction of sp³-hybridized carbons (Fsp3) is 0.200. The van der Waals surface area contributed by atoms with Crippen molar-refractivity contribution in [2.24, 2.45) is 0 Å². The Hall–Kier alpha value is -2.59. The molecule has 1 aromatic heterocycles. The van der Waals surface area contributed by atoms with E-state index in [1.807, 2.05) is 48.5 Å². The van der Waals surface area contributed by atoms with Gasteiger partial charge in [-0.3, -0.25) is 9.36 Å². The van der Waals surface area contributed by atoms with Crippen LogP contribution in [0.5, 0.6) is 0 Å². The van der Waals surface area contributed by atoms with Crippen molar-refractivity contribution in [3.05, 3.63) is 87.4 Å². The molecule has 3 rings (SSSR count). The molecule has 0 aliphatic rings. The second-order valence-corrected chi connectivity index (χ2v) is 6.61. The summed E-state index contributed by atoms with van der Waals surface area (Å²) in [7, 11) is 0. The van der Waals surface area contributed by atoms with Crippen LogP contribution in [-0.2, 0) is 6.54 Å². The molecular weight excluding hydrogens is 334 g/mol. The predicted molar refractivity (Wildman–Crippen MR) is 103 cm³/mol. The maximum absolute atomic E-state index is 12.7. The largest absolute Gasteiger partial charge is 0.361 e. The predicted octanol–water partition coefficient (Wildman–Crippen LogP) is 4.62. The monoisotopic (exact) mass is 353 g/mol.